The molecular weight excluding hydrogens is 234 g/mol. The summed E-state index contributed by atoms with van der Waals surface area (Å²) in [6.07, 6.45) is 0.892. The molecule has 1 aliphatic rings. The molecule has 2 nitrogen and oxygen atoms in total. The highest BCUT2D eigenvalue weighted by atomic mass is 16.5. The summed E-state index contributed by atoms with van der Waals surface area (Å²) < 4.78 is 5.68. The van der Waals surface area contributed by atoms with Gasteiger partial charge in [0.05, 0.1) is 13.2 Å². The zero-order valence-electron chi connectivity index (χ0n) is 11.1. The predicted molar refractivity (Wildman–Crippen MR) is 78.0 cm³/mol. The third kappa shape index (κ3) is 2.68. The first kappa shape index (κ1) is 12.0. The SMILES string of the molecule is Cc1ccc2c(c1)C(=NCc1ccccc1)CCO2. The van der Waals surface area contributed by atoms with E-state index in [9.17, 15) is 0 Å². The topological polar surface area (TPSA) is 21.6 Å². The smallest absolute Gasteiger partial charge is 0.128 e. The monoisotopic (exact) mass is 251 g/mol. The number of hydrogen-bond donors (Lipinski definition) is 0. The minimum Gasteiger partial charge on any atom is -0.492 e. The lowest BCUT2D eigenvalue weighted by Gasteiger charge is -2.19. The molecule has 2 aromatic carbocycles. The number of aryl methyl sites for hydroxylation is 1. The zero-order chi connectivity index (χ0) is 13.1. The van der Waals surface area contributed by atoms with Gasteiger partial charge in [-0.1, -0.05) is 42.0 Å². The van der Waals surface area contributed by atoms with E-state index in [1.54, 1.807) is 0 Å². The number of fused-ring (bicyclic) bond motifs is 1. The van der Waals surface area contributed by atoms with Gasteiger partial charge in [-0.05, 0) is 24.6 Å². The summed E-state index contributed by atoms with van der Waals surface area (Å²) in [7, 11) is 0. The van der Waals surface area contributed by atoms with E-state index in [4.69, 9.17) is 9.73 Å². The molecule has 0 unspecified atom stereocenters. The molecule has 1 heterocycles. The Hall–Kier alpha value is -2.09. The lowest BCUT2D eigenvalue weighted by molar-refractivity contribution is 0.320. The van der Waals surface area contributed by atoms with Gasteiger partial charge in [-0.2, -0.15) is 0 Å². The summed E-state index contributed by atoms with van der Waals surface area (Å²) in [5, 5.41) is 0. The van der Waals surface area contributed by atoms with Gasteiger partial charge < -0.3 is 4.74 Å². The van der Waals surface area contributed by atoms with Gasteiger partial charge in [0.1, 0.15) is 5.75 Å². The van der Waals surface area contributed by atoms with Crippen molar-refractivity contribution in [3.8, 4) is 5.75 Å². The number of hydrogen-bond acceptors (Lipinski definition) is 2. The Morgan fingerprint density at radius 3 is 2.79 bits per heavy atom. The molecule has 0 atom stereocenters. The average Bonchev–Trinajstić information content (AvgIpc) is 2.46. The summed E-state index contributed by atoms with van der Waals surface area (Å²) in [6.45, 7) is 3.57. The predicted octanol–water partition coefficient (Wildman–Crippen LogP) is 3.77. The molecule has 2 heteroatoms. The second kappa shape index (κ2) is 5.27. The minimum absolute atomic E-state index is 0.726. The van der Waals surface area contributed by atoms with E-state index >= 15 is 0 Å². The fraction of sp³-hybridized carbons (Fsp3) is 0.235. The molecule has 0 aromatic heterocycles. The Bertz CT molecular complexity index is 602. The molecule has 0 bridgehead atoms. The maximum atomic E-state index is 5.68. The second-order valence-electron chi connectivity index (χ2n) is 4.85. The summed E-state index contributed by atoms with van der Waals surface area (Å²) in [5.74, 6) is 0.962. The average molecular weight is 251 g/mol. The van der Waals surface area contributed by atoms with Gasteiger partial charge in [0.25, 0.3) is 0 Å². The Labute approximate surface area is 113 Å². The van der Waals surface area contributed by atoms with Crippen LogP contribution in [0.5, 0.6) is 5.75 Å². The van der Waals surface area contributed by atoms with Gasteiger partial charge in [-0.3, -0.25) is 4.99 Å². The van der Waals surface area contributed by atoms with Crippen LogP contribution in [0.3, 0.4) is 0 Å². The fourth-order valence-electron chi connectivity index (χ4n) is 2.32. The van der Waals surface area contributed by atoms with Gasteiger partial charge in [-0.25, -0.2) is 0 Å². The Morgan fingerprint density at radius 2 is 1.95 bits per heavy atom. The van der Waals surface area contributed by atoms with E-state index in [1.807, 2.05) is 12.1 Å². The van der Waals surface area contributed by atoms with Crippen molar-refractivity contribution >= 4 is 5.71 Å². The van der Waals surface area contributed by atoms with Gasteiger partial charge in [-0.15, -0.1) is 0 Å². The molecule has 0 spiro atoms. The second-order valence-corrected chi connectivity index (χ2v) is 4.85. The summed E-state index contributed by atoms with van der Waals surface area (Å²) in [6, 6.07) is 16.7. The largest absolute Gasteiger partial charge is 0.492 e. The molecule has 3 rings (SSSR count). The molecule has 0 saturated heterocycles. The third-order valence-electron chi connectivity index (χ3n) is 3.34. The van der Waals surface area contributed by atoms with Crippen molar-refractivity contribution in [1.82, 2.24) is 0 Å². The highest BCUT2D eigenvalue weighted by Crippen LogP contribution is 2.26. The standard InChI is InChI=1S/C17H17NO/c1-13-7-8-17-15(11-13)16(9-10-19-17)18-12-14-5-3-2-4-6-14/h2-8,11H,9-10,12H2,1H3. The van der Waals surface area contributed by atoms with Crippen molar-refractivity contribution < 1.29 is 4.74 Å². The van der Waals surface area contributed by atoms with Crippen LogP contribution >= 0.6 is 0 Å². The van der Waals surface area contributed by atoms with Crippen molar-refractivity contribution in [2.24, 2.45) is 4.99 Å². The number of rotatable bonds is 2. The van der Waals surface area contributed by atoms with Gasteiger partial charge in [0.2, 0.25) is 0 Å². The highest BCUT2D eigenvalue weighted by molar-refractivity contribution is 6.03. The maximum Gasteiger partial charge on any atom is 0.128 e. The summed E-state index contributed by atoms with van der Waals surface area (Å²) >= 11 is 0. The Morgan fingerprint density at radius 1 is 1.11 bits per heavy atom. The quantitative estimate of drug-likeness (QED) is 0.796. The number of nitrogens with zero attached hydrogens (tertiary/aromatic N) is 1. The Kier molecular flexibility index (Phi) is 3.32. The van der Waals surface area contributed by atoms with Crippen LogP contribution < -0.4 is 4.74 Å². The van der Waals surface area contributed by atoms with Crippen LogP contribution in [-0.4, -0.2) is 12.3 Å². The molecule has 96 valence electrons. The van der Waals surface area contributed by atoms with Crippen LogP contribution in [0, 0.1) is 6.92 Å². The van der Waals surface area contributed by atoms with E-state index in [1.165, 1.54) is 11.1 Å². The number of ether oxygens (including phenoxy) is 1. The minimum atomic E-state index is 0.726. The van der Waals surface area contributed by atoms with Crippen LogP contribution in [0.25, 0.3) is 0 Å². The van der Waals surface area contributed by atoms with Gasteiger partial charge in [0.15, 0.2) is 0 Å². The molecular formula is C17H17NO. The van der Waals surface area contributed by atoms with Crippen LogP contribution in [0.1, 0.15) is 23.1 Å². The van der Waals surface area contributed by atoms with Crippen molar-refractivity contribution in [2.45, 2.75) is 19.9 Å². The first-order chi connectivity index (χ1) is 9.33. The van der Waals surface area contributed by atoms with E-state index < -0.39 is 0 Å². The Balaban J connectivity index is 1.89. The fourth-order valence-corrected chi connectivity index (χ4v) is 2.32. The van der Waals surface area contributed by atoms with Crippen LogP contribution in [0.15, 0.2) is 53.5 Å². The molecule has 1 aliphatic heterocycles. The molecule has 0 N–H and O–H groups in total. The van der Waals surface area contributed by atoms with E-state index in [0.29, 0.717) is 0 Å². The normalized spacial score (nSPS) is 15.9. The van der Waals surface area contributed by atoms with E-state index in [0.717, 1.165) is 36.6 Å². The van der Waals surface area contributed by atoms with E-state index in [2.05, 4.69) is 43.3 Å². The maximum absolute atomic E-state index is 5.68. The van der Waals surface area contributed by atoms with Crippen molar-refractivity contribution in [3.05, 3.63) is 65.2 Å². The highest BCUT2D eigenvalue weighted by Gasteiger charge is 2.16. The van der Waals surface area contributed by atoms with Crippen LogP contribution in [-0.2, 0) is 6.54 Å². The lowest BCUT2D eigenvalue weighted by Crippen LogP contribution is -2.16. The molecule has 0 saturated carbocycles. The van der Waals surface area contributed by atoms with Crippen molar-refractivity contribution in [1.29, 1.82) is 0 Å². The molecule has 2 aromatic rings. The third-order valence-corrected chi connectivity index (χ3v) is 3.34. The lowest BCUT2D eigenvalue weighted by atomic mass is 10.0. The van der Waals surface area contributed by atoms with Gasteiger partial charge in [0, 0.05) is 17.7 Å². The van der Waals surface area contributed by atoms with Crippen LogP contribution in [0.4, 0.5) is 0 Å². The number of aliphatic imine (C=N–C) groups is 1. The molecule has 0 radical (unpaired) electrons. The van der Waals surface area contributed by atoms with Gasteiger partial charge >= 0.3 is 0 Å². The molecule has 19 heavy (non-hydrogen) atoms. The summed E-state index contributed by atoms with van der Waals surface area (Å²) in [5.41, 5.74) is 4.81. The van der Waals surface area contributed by atoms with Crippen LogP contribution in [0.2, 0.25) is 0 Å². The first-order valence-electron chi connectivity index (χ1n) is 6.64. The van der Waals surface area contributed by atoms with Crippen molar-refractivity contribution in [2.75, 3.05) is 6.61 Å². The molecule has 0 fully saturated rings. The summed E-state index contributed by atoms with van der Waals surface area (Å²) in [4.78, 5) is 4.77. The molecule has 0 amide bonds. The first-order valence-corrected chi connectivity index (χ1v) is 6.64. The van der Waals surface area contributed by atoms with E-state index in [-0.39, 0.29) is 0 Å². The zero-order valence-corrected chi connectivity index (χ0v) is 11.1. The molecule has 0 aliphatic carbocycles. The number of benzene rings is 2. The van der Waals surface area contributed by atoms with Crippen molar-refractivity contribution in [3.63, 3.8) is 0 Å².